The number of rotatable bonds is 1. The molecule has 0 aliphatic heterocycles. The van der Waals surface area contributed by atoms with Gasteiger partial charge in [-0.15, -0.1) is 22.2 Å². The Morgan fingerprint density at radius 1 is 1.50 bits per heavy atom. The van der Waals surface area contributed by atoms with Crippen LogP contribution < -0.4 is 4.50 Å². The molecule has 1 aromatic rings. The van der Waals surface area contributed by atoms with Crippen molar-refractivity contribution in [2.45, 2.75) is 0 Å². The molecule has 0 atom stereocenters. The Labute approximate surface area is 63.1 Å². The zero-order valence-corrected chi connectivity index (χ0v) is 7.46. The molecular formula is C4H4Cl2SSi. The minimum absolute atomic E-state index is 1.15. The molecule has 1 heterocycles. The third-order valence-corrected chi connectivity index (χ3v) is 5.38. The fourth-order valence-corrected chi connectivity index (χ4v) is 3.15. The highest BCUT2D eigenvalue weighted by Crippen LogP contribution is 2.02. The van der Waals surface area contributed by atoms with Crippen molar-refractivity contribution in [1.82, 2.24) is 0 Å². The van der Waals surface area contributed by atoms with E-state index in [4.69, 9.17) is 22.2 Å². The van der Waals surface area contributed by atoms with Crippen LogP contribution in [0, 0.1) is 0 Å². The summed E-state index contributed by atoms with van der Waals surface area (Å²) in [7, 11) is -1.52. The van der Waals surface area contributed by atoms with Crippen molar-refractivity contribution >= 4 is 45.4 Å². The molecule has 0 aliphatic carbocycles. The molecular weight excluding hydrogens is 179 g/mol. The van der Waals surface area contributed by atoms with E-state index in [0.29, 0.717) is 0 Å². The van der Waals surface area contributed by atoms with Crippen LogP contribution in [-0.4, -0.2) is 7.42 Å². The molecule has 0 aliphatic rings. The van der Waals surface area contributed by atoms with Crippen LogP contribution in [0.2, 0.25) is 0 Å². The SMILES string of the molecule is Cl[SiH](Cl)c1cccs1. The standard InChI is InChI=1S/C4H4Cl2SSi/c5-8(6)4-2-1-3-7-4/h1-3,8H. The second-order valence-electron chi connectivity index (χ2n) is 1.32. The Hall–Kier alpha value is 0.497. The van der Waals surface area contributed by atoms with Crippen LogP contribution >= 0.6 is 33.5 Å². The monoisotopic (exact) mass is 182 g/mol. The van der Waals surface area contributed by atoms with E-state index in [-0.39, 0.29) is 0 Å². The van der Waals surface area contributed by atoms with Gasteiger partial charge in [0.05, 0.1) is 0 Å². The summed E-state index contributed by atoms with van der Waals surface area (Å²) >= 11 is 12.9. The van der Waals surface area contributed by atoms with Crippen molar-refractivity contribution in [2.24, 2.45) is 0 Å². The molecule has 0 N–H and O–H groups in total. The first-order chi connectivity index (χ1) is 3.80. The quantitative estimate of drug-likeness (QED) is 0.458. The van der Waals surface area contributed by atoms with Crippen LogP contribution in [-0.2, 0) is 0 Å². The molecule has 1 rings (SSSR count). The highest BCUT2D eigenvalue weighted by molar-refractivity contribution is 7.47. The van der Waals surface area contributed by atoms with Crippen molar-refractivity contribution in [3.8, 4) is 0 Å². The van der Waals surface area contributed by atoms with Gasteiger partial charge in [0.25, 0.3) is 7.42 Å². The molecule has 0 bridgehead atoms. The summed E-state index contributed by atoms with van der Waals surface area (Å²) in [4.78, 5) is 0. The third-order valence-electron chi connectivity index (χ3n) is 0.758. The molecule has 8 heavy (non-hydrogen) atoms. The van der Waals surface area contributed by atoms with Crippen LogP contribution in [0.1, 0.15) is 0 Å². The predicted molar refractivity (Wildman–Crippen MR) is 42.8 cm³/mol. The fourth-order valence-electron chi connectivity index (χ4n) is 0.415. The van der Waals surface area contributed by atoms with Crippen LogP contribution in [0.3, 0.4) is 0 Å². The van der Waals surface area contributed by atoms with E-state index in [1.165, 1.54) is 0 Å². The fraction of sp³-hybridized carbons (Fsp3) is 0. The van der Waals surface area contributed by atoms with Gasteiger partial charge >= 0.3 is 0 Å². The van der Waals surface area contributed by atoms with E-state index >= 15 is 0 Å². The zero-order chi connectivity index (χ0) is 5.98. The summed E-state index contributed by atoms with van der Waals surface area (Å²) < 4.78 is 1.15. The molecule has 4 heteroatoms. The minimum atomic E-state index is -1.52. The number of thiophene rings is 1. The second kappa shape index (κ2) is 2.87. The normalized spacial score (nSPS) is 10.4. The highest BCUT2D eigenvalue weighted by Gasteiger charge is 2.04. The van der Waals surface area contributed by atoms with Gasteiger partial charge in [0.2, 0.25) is 0 Å². The van der Waals surface area contributed by atoms with Gasteiger partial charge in [-0.1, -0.05) is 12.1 Å². The third kappa shape index (κ3) is 1.49. The van der Waals surface area contributed by atoms with Gasteiger partial charge in [0.1, 0.15) is 0 Å². The lowest BCUT2D eigenvalue weighted by atomic mass is 10.7. The molecule has 0 saturated carbocycles. The van der Waals surface area contributed by atoms with Crippen LogP contribution in [0.15, 0.2) is 17.5 Å². The lowest BCUT2D eigenvalue weighted by Crippen LogP contribution is -2.11. The molecule has 0 aromatic carbocycles. The van der Waals surface area contributed by atoms with Crippen molar-refractivity contribution in [1.29, 1.82) is 0 Å². The lowest BCUT2D eigenvalue weighted by molar-refractivity contribution is 2.07. The Morgan fingerprint density at radius 3 is 2.50 bits per heavy atom. The van der Waals surface area contributed by atoms with Gasteiger partial charge in [0.15, 0.2) is 0 Å². The lowest BCUT2D eigenvalue weighted by Gasteiger charge is -1.87. The van der Waals surface area contributed by atoms with Gasteiger partial charge in [-0.05, 0) is 5.38 Å². The second-order valence-corrected chi connectivity index (χ2v) is 7.23. The molecule has 1 aromatic heterocycles. The Morgan fingerprint density at radius 2 is 2.25 bits per heavy atom. The molecule has 0 nitrogen and oxygen atoms in total. The maximum Gasteiger partial charge on any atom is 0.276 e. The van der Waals surface area contributed by atoms with E-state index < -0.39 is 7.42 Å². The first-order valence-electron chi connectivity index (χ1n) is 2.12. The molecule has 0 saturated heterocycles. The topological polar surface area (TPSA) is 0 Å². The Balaban J connectivity index is 2.77. The molecule has 0 radical (unpaired) electrons. The molecule has 44 valence electrons. The van der Waals surface area contributed by atoms with Gasteiger partial charge in [-0.2, -0.15) is 11.3 Å². The number of hydrogen-bond acceptors (Lipinski definition) is 1. The molecule has 0 amide bonds. The number of hydrogen-bond donors (Lipinski definition) is 0. The zero-order valence-electron chi connectivity index (χ0n) is 3.97. The maximum absolute atomic E-state index is 5.66. The largest absolute Gasteiger partial charge is 0.276 e. The van der Waals surface area contributed by atoms with E-state index in [2.05, 4.69) is 0 Å². The summed E-state index contributed by atoms with van der Waals surface area (Å²) in [5, 5.41) is 1.99. The average Bonchev–Trinajstić information content (AvgIpc) is 2.12. The van der Waals surface area contributed by atoms with Gasteiger partial charge < -0.3 is 0 Å². The Bertz CT molecular complexity index is 149. The van der Waals surface area contributed by atoms with E-state index in [0.717, 1.165) is 4.50 Å². The number of halogens is 2. The summed E-state index contributed by atoms with van der Waals surface area (Å²) in [5.41, 5.74) is 0. The highest BCUT2D eigenvalue weighted by atomic mass is 35.7. The summed E-state index contributed by atoms with van der Waals surface area (Å²) in [6.07, 6.45) is 0. The average molecular weight is 183 g/mol. The van der Waals surface area contributed by atoms with E-state index in [9.17, 15) is 0 Å². The van der Waals surface area contributed by atoms with Crippen molar-refractivity contribution in [2.75, 3.05) is 0 Å². The Kier molecular flexibility index (Phi) is 2.37. The summed E-state index contributed by atoms with van der Waals surface area (Å²) in [6, 6.07) is 3.94. The van der Waals surface area contributed by atoms with Gasteiger partial charge in [-0.3, -0.25) is 0 Å². The predicted octanol–water partition coefficient (Wildman–Crippen LogP) is 1.65. The molecule has 0 fully saturated rings. The van der Waals surface area contributed by atoms with Crippen molar-refractivity contribution in [3.05, 3.63) is 17.5 Å². The first kappa shape index (κ1) is 6.61. The molecule has 0 unspecified atom stereocenters. The van der Waals surface area contributed by atoms with E-state index in [1.54, 1.807) is 11.3 Å². The minimum Gasteiger partial charge on any atom is -0.151 e. The van der Waals surface area contributed by atoms with E-state index in [1.807, 2.05) is 17.5 Å². The first-order valence-corrected chi connectivity index (χ1v) is 7.07. The molecule has 0 spiro atoms. The van der Waals surface area contributed by atoms with Crippen molar-refractivity contribution in [3.63, 3.8) is 0 Å². The summed E-state index contributed by atoms with van der Waals surface area (Å²) in [6.45, 7) is 0. The van der Waals surface area contributed by atoms with Gasteiger partial charge in [0, 0.05) is 4.50 Å². The maximum atomic E-state index is 5.66. The summed E-state index contributed by atoms with van der Waals surface area (Å²) in [5.74, 6) is 0. The van der Waals surface area contributed by atoms with Crippen molar-refractivity contribution < 1.29 is 0 Å². The van der Waals surface area contributed by atoms with Crippen LogP contribution in [0.5, 0.6) is 0 Å². The van der Waals surface area contributed by atoms with Gasteiger partial charge in [-0.25, -0.2) is 0 Å². The van der Waals surface area contributed by atoms with Crippen LogP contribution in [0.4, 0.5) is 0 Å². The smallest absolute Gasteiger partial charge is 0.151 e. The van der Waals surface area contributed by atoms with Crippen LogP contribution in [0.25, 0.3) is 0 Å².